The van der Waals surface area contributed by atoms with Crippen molar-refractivity contribution >= 4 is 15.9 Å². The number of sulfonamides is 1. The molecule has 2 rings (SSSR count). The fourth-order valence-electron chi connectivity index (χ4n) is 2.26. The Morgan fingerprint density at radius 1 is 1.55 bits per heavy atom. The molecule has 110 valence electrons. The molecule has 2 heterocycles. The van der Waals surface area contributed by atoms with E-state index in [0.29, 0.717) is 12.8 Å². The highest BCUT2D eigenvalue weighted by Gasteiger charge is 2.35. The molecule has 1 aromatic heterocycles. The minimum absolute atomic E-state index is 0.0536. The third kappa shape index (κ3) is 2.80. The van der Waals surface area contributed by atoms with Gasteiger partial charge in [0.05, 0.1) is 5.92 Å². The monoisotopic (exact) mass is 301 g/mol. The summed E-state index contributed by atoms with van der Waals surface area (Å²) in [7, 11) is -2.49. The van der Waals surface area contributed by atoms with Gasteiger partial charge in [-0.05, 0) is 25.0 Å². The molecule has 1 aliphatic heterocycles. The zero-order chi connectivity index (χ0) is 14.8. The van der Waals surface area contributed by atoms with E-state index in [1.165, 1.54) is 19.3 Å². The van der Waals surface area contributed by atoms with Crippen molar-refractivity contribution in [2.24, 2.45) is 5.92 Å². The first kappa shape index (κ1) is 14.9. The van der Waals surface area contributed by atoms with Gasteiger partial charge < -0.3 is 5.32 Å². The van der Waals surface area contributed by atoms with Gasteiger partial charge in [0.15, 0.2) is 5.82 Å². The average molecular weight is 301 g/mol. The van der Waals surface area contributed by atoms with Crippen LogP contribution >= 0.6 is 0 Å². The second-order valence-electron chi connectivity index (χ2n) is 4.61. The molecule has 8 heteroatoms. The second-order valence-corrected chi connectivity index (χ2v) is 6.46. The van der Waals surface area contributed by atoms with E-state index in [2.05, 4.69) is 10.3 Å². The predicted octanol–water partition coefficient (Wildman–Crippen LogP) is 0.367. The predicted molar refractivity (Wildman–Crippen MR) is 69.7 cm³/mol. The molecule has 1 atom stereocenters. The van der Waals surface area contributed by atoms with Crippen molar-refractivity contribution in [1.29, 1.82) is 0 Å². The smallest absolute Gasteiger partial charge is 0.263 e. The number of amides is 1. The Labute approximate surface area is 117 Å². The lowest BCUT2D eigenvalue weighted by molar-refractivity contribution is -0.125. The number of aromatic nitrogens is 1. The molecule has 0 aromatic carbocycles. The number of pyridine rings is 1. The van der Waals surface area contributed by atoms with Crippen LogP contribution in [0.1, 0.15) is 12.8 Å². The van der Waals surface area contributed by atoms with Gasteiger partial charge in [0, 0.05) is 26.3 Å². The minimum atomic E-state index is -4.00. The summed E-state index contributed by atoms with van der Waals surface area (Å²) in [6.07, 6.45) is 2.41. The van der Waals surface area contributed by atoms with Crippen LogP contribution in [0.5, 0.6) is 0 Å². The molecule has 1 N–H and O–H groups in total. The molecule has 0 saturated carbocycles. The summed E-state index contributed by atoms with van der Waals surface area (Å²) < 4.78 is 39.5. The summed E-state index contributed by atoms with van der Waals surface area (Å²) in [4.78, 5) is 15.2. The lowest BCUT2D eigenvalue weighted by atomic mass is 9.99. The zero-order valence-corrected chi connectivity index (χ0v) is 11.9. The molecule has 1 aromatic rings. The Kier molecular flexibility index (Phi) is 4.34. The van der Waals surface area contributed by atoms with E-state index in [-0.39, 0.29) is 19.0 Å². The first-order valence-electron chi connectivity index (χ1n) is 6.29. The maximum atomic E-state index is 13.6. The number of halogens is 1. The van der Waals surface area contributed by atoms with E-state index in [1.807, 2.05) is 0 Å². The molecule has 0 spiro atoms. The van der Waals surface area contributed by atoms with Crippen LogP contribution in [0, 0.1) is 11.7 Å². The quantitative estimate of drug-likeness (QED) is 0.874. The van der Waals surface area contributed by atoms with Gasteiger partial charge in [0.2, 0.25) is 10.9 Å². The lowest BCUT2D eigenvalue weighted by Gasteiger charge is -2.30. The molecule has 1 aliphatic rings. The number of carbonyl (C=O) groups is 1. The van der Waals surface area contributed by atoms with Crippen molar-refractivity contribution in [3.8, 4) is 0 Å². The number of hydrogen-bond donors (Lipinski definition) is 1. The summed E-state index contributed by atoms with van der Waals surface area (Å²) in [5.41, 5.74) is 0. The van der Waals surface area contributed by atoms with Crippen molar-refractivity contribution in [3.63, 3.8) is 0 Å². The van der Waals surface area contributed by atoms with Gasteiger partial charge >= 0.3 is 0 Å². The second kappa shape index (κ2) is 5.84. The summed E-state index contributed by atoms with van der Waals surface area (Å²) in [6.45, 7) is 0.323. The van der Waals surface area contributed by atoms with Crippen molar-refractivity contribution in [2.75, 3.05) is 20.1 Å². The van der Waals surface area contributed by atoms with E-state index >= 15 is 0 Å². The Bertz CT molecular complexity index is 606. The minimum Gasteiger partial charge on any atom is -0.359 e. The van der Waals surface area contributed by atoms with Crippen LogP contribution in [0.3, 0.4) is 0 Å². The molecule has 20 heavy (non-hydrogen) atoms. The molecule has 1 saturated heterocycles. The van der Waals surface area contributed by atoms with Crippen LogP contribution in [0.2, 0.25) is 0 Å². The van der Waals surface area contributed by atoms with Crippen molar-refractivity contribution < 1.29 is 17.6 Å². The molecular weight excluding hydrogens is 285 g/mol. The number of rotatable bonds is 3. The summed E-state index contributed by atoms with van der Waals surface area (Å²) in [5.74, 6) is -1.49. The maximum Gasteiger partial charge on any atom is 0.263 e. The summed E-state index contributed by atoms with van der Waals surface area (Å²) in [6, 6.07) is 2.39. The van der Waals surface area contributed by atoms with E-state index in [4.69, 9.17) is 0 Å². The molecule has 1 amide bonds. The molecule has 1 unspecified atom stereocenters. The highest BCUT2D eigenvalue weighted by atomic mass is 32.2. The Hall–Kier alpha value is -1.54. The summed E-state index contributed by atoms with van der Waals surface area (Å²) in [5, 5.41) is 1.92. The first-order chi connectivity index (χ1) is 9.46. The topological polar surface area (TPSA) is 79.4 Å². The Balaban J connectivity index is 2.26. The number of nitrogens with zero attached hydrogens (tertiary/aromatic N) is 2. The normalized spacial score (nSPS) is 20.6. The van der Waals surface area contributed by atoms with Crippen LogP contribution in [-0.2, 0) is 14.8 Å². The van der Waals surface area contributed by atoms with Gasteiger partial charge in [0.1, 0.15) is 0 Å². The maximum absolute atomic E-state index is 13.6. The standard InChI is InChI=1S/C12H16FN3O3S/c1-14-11(17)9-4-3-7-16(8-9)20(18,19)12-10(13)5-2-6-15-12/h2,5-6,9H,3-4,7-8H2,1H3,(H,14,17). The highest BCUT2D eigenvalue weighted by molar-refractivity contribution is 7.89. The van der Waals surface area contributed by atoms with Gasteiger partial charge in [-0.1, -0.05) is 0 Å². The third-order valence-electron chi connectivity index (χ3n) is 3.31. The molecule has 0 radical (unpaired) electrons. The fourth-order valence-corrected chi connectivity index (χ4v) is 3.76. The van der Waals surface area contributed by atoms with E-state index in [1.54, 1.807) is 0 Å². The van der Waals surface area contributed by atoms with Crippen LogP contribution < -0.4 is 5.32 Å². The number of hydrogen-bond acceptors (Lipinski definition) is 4. The average Bonchev–Trinajstić information content (AvgIpc) is 2.47. The lowest BCUT2D eigenvalue weighted by Crippen LogP contribution is -2.45. The van der Waals surface area contributed by atoms with Crippen LogP contribution in [-0.4, -0.2) is 43.8 Å². The Morgan fingerprint density at radius 3 is 2.95 bits per heavy atom. The van der Waals surface area contributed by atoms with E-state index in [0.717, 1.165) is 10.4 Å². The first-order valence-corrected chi connectivity index (χ1v) is 7.73. The van der Waals surface area contributed by atoms with Gasteiger partial charge in [-0.15, -0.1) is 0 Å². The molecular formula is C12H16FN3O3S. The van der Waals surface area contributed by atoms with Gasteiger partial charge in [-0.25, -0.2) is 17.8 Å². The van der Waals surface area contributed by atoms with Crippen molar-refractivity contribution in [1.82, 2.24) is 14.6 Å². The van der Waals surface area contributed by atoms with E-state index < -0.39 is 26.8 Å². The van der Waals surface area contributed by atoms with Crippen LogP contribution in [0.25, 0.3) is 0 Å². The SMILES string of the molecule is CNC(=O)C1CCCN(S(=O)(=O)c2ncccc2F)C1. The summed E-state index contributed by atoms with van der Waals surface area (Å²) >= 11 is 0. The molecule has 1 fully saturated rings. The number of carbonyl (C=O) groups excluding carboxylic acids is 1. The number of piperidine rings is 1. The number of nitrogens with one attached hydrogen (secondary N) is 1. The van der Waals surface area contributed by atoms with Crippen LogP contribution in [0.4, 0.5) is 4.39 Å². The van der Waals surface area contributed by atoms with Crippen molar-refractivity contribution in [3.05, 3.63) is 24.1 Å². The van der Waals surface area contributed by atoms with Gasteiger partial charge in [0.25, 0.3) is 10.0 Å². The highest BCUT2D eigenvalue weighted by Crippen LogP contribution is 2.24. The zero-order valence-electron chi connectivity index (χ0n) is 11.0. The molecule has 6 nitrogen and oxygen atoms in total. The molecule has 0 bridgehead atoms. The van der Waals surface area contributed by atoms with Crippen LogP contribution in [0.15, 0.2) is 23.4 Å². The Morgan fingerprint density at radius 2 is 2.30 bits per heavy atom. The molecule has 0 aliphatic carbocycles. The van der Waals surface area contributed by atoms with Gasteiger partial charge in [-0.2, -0.15) is 4.31 Å². The van der Waals surface area contributed by atoms with E-state index in [9.17, 15) is 17.6 Å². The van der Waals surface area contributed by atoms with Crippen molar-refractivity contribution in [2.45, 2.75) is 17.9 Å². The third-order valence-corrected chi connectivity index (χ3v) is 5.11. The largest absolute Gasteiger partial charge is 0.359 e. The fraction of sp³-hybridized carbons (Fsp3) is 0.500. The van der Waals surface area contributed by atoms with Gasteiger partial charge in [-0.3, -0.25) is 4.79 Å².